The van der Waals surface area contributed by atoms with E-state index in [1.54, 1.807) is 6.08 Å². The van der Waals surface area contributed by atoms with Crippen molar-refractivity contribution in [3.05, 3.63) is 11.6 Å². The number of terminal acetylenes is 1. The van der Waals surface area contributed by atoms with Gasteiger partial charge < -0.3 is 20.4 Å². The van der Waals surface area contributed by atoms with Crippen LogP contribution >= 0.6 is 0 Å². The highest BCUT2D eigenvalue weighted by Gasteiger charge is 2.68. The Morgan fingerprint density at radius 1 is 1.26 bits per heavy atom. The van der Waals surface area contributed by atoms with Gasteiger partial charge in [-0.2, -0.15) is 0 Å². The molecule has 0 amide bonds. The van der Waals surface area contributed by atoms with E-state index >= 15 is 0 Å². The van der Waals surface area contributed by atoms with Crippen molar-refractivity contribution in [2.75, 3.05) is 6.61 Å². The van der Waals surface area contributed by atoms with Gasteiger partial charge in [-0.3, -0.25) is 4.79 Å². The van der Waals surface area contributed by atoms with E-state index in [9.17, 15) is 25.2 Å². The minimum Gasteiger partial charge on any atom is -0.396 e. The van der Waals surface area contributed by atoms with Crippen LogP contribution in [0.2, 0.25) is 0 Å². The van der Waals surface area contributed by atoms with Gasteiger partial charge in [-0.25, -0.2) is 0 Å². The first kappa shape index (κ1) is 19.1. The molecule has 148 valence electrons. The molecule has 0 aromatic rings. The quantitative estimate of drug-likeness (QED) is 0.514. The summed E-state index contributed by atoms with van der Waals surface area (Å²) in [6.07, 6.45) is 8.56. The van der Waals surface area contributed by atoms with E-state index in [-0.39, 0.29) is 35.6 Å². The largest absolute Gasteiger partial charge is 0.396 e. The Hall–Kier alpha value is -1.19. The number of hydrogen-bond acceptors (Lipinski definition) is 5. The minimum atomic E-state index is -1.54. The Labute approximate surface area is 160 Å². The fourth-order valence-corrected chi connectivity index (χ4v) is 7.24. The maximum Gasteiger partial charge on any atom is 0.161 e. The number of ketones is 1. The lowest BCUT2D eigenvalue weighted by molar-refractivity contribution is -0.137. The summed E-state index contributed by atoms with van der Waals surface area (Å²) in [5, 5.41) is 42.2. The van der Waals surface area contributed by atoms with Crippen LogP contribution in [-0.2, 0) is 4.79 Å². The van der Waals surface area contributed by atoms with E-state index in [2.05, 4.69) is 12.8 Å². The SMILES string of the molecule is C#C[C@]1(O)C(O)C[C@H]2[C@@H]3C[C@@H](O)C4=CC(=O)C(CO)C[C@]4(C)[C@H]3CC[C@@]21C. The summed E-state index contributed by atoms with van der Waals surface area (Å²) >= 11 is 0. The van der Waals surface area contributed by atoms with Crippen LogP contribution in [0.4, 0.5) is 0 Å². The third-order valence-corrected chi connectivity index (χ3v) is 8.80. The predicted molar refractivity (Wildman–Crippen MR) is 99.2 cm³/mol. The predicted octanol–water partition coefficient (Wildman–Crippen LogP) is 1.04. The molecule has 0 aliphatic heterocycles. The average molecular weight is 374 g/mol. The van der Waals surface area contributed by atoms with Gasteiger partial charge in [0.05, 0.1) is 18.8 Å². The normalized spacial score (nSPS) is 54.4. The van der Waals surface area contributed by atoms with E-state index in [1.807, 2.05) is 6.92 Å². The molecule has 0 spiro atoms. The topological polar surface area (TPSA) is 98.0 Å². The molecule has 3 saturated carbocycles. The minimum absolute atomic E-state index is 0.0190. The second kappa shape index (κ2) is 5.90. The maximum atomic E-state index is 12.3. The first-order chi connectivity index (χ1) is 12.6. The first-order valence-electron chi connectivity index (χ1n) is 10.1. The molecule has 2 unspecified atom stereocenters. The van der Waals surface area contributed by atoms with Gasteiger partial charge in [-0.05, 0) is 66.9 Å². The van der Waals surface area contributed by atoms with Crippen molar-refractivity contribution in [1.82, 2.24) is 0 Å². The van der Waals surface area contributed by atoms with E-state index in [4.69, 9.17) is 6.42 Å². The number of fused-ring (bicyclic) bond motifs is 5. The molecule has 5 heteroatoms. The van der Waals surface area contributed by atoms with Crippen molar-refractivity contribution in [3.63, 3.8) is 0 Å². The Morgan fingerprint density at radius 2 is 1.96 bits per heavy atom. The van der Waals surface area contributed by atoms with Crippen LogP contribution in [0.15, 0.2) is 11.6 Å². The third-order valence-electron chi connectivity index (χ3n) is 8.80. The highest BCUT2D eigenvalue weighted by Crippen LogP contribution is 2.67. The summed E-state index contributed by atoms with van der Waals surface area (Å²) < 4.78 is 0. The van der Waals surface area contributed by atoms with E-state index in [1.165, 1.54) is 0 Å². The Bertz CT molecular complexity index is 737. The maximum absolute atomic E-state index is 12.3. The van der Waals surface area contributed by atoms with Crippen LogP contribution in [0.1, 0.15) is 46.0 Å². The molecule has 0 bridgehead atoms. The molecule has 0 aromatic heterocycles. The molecule has 5 nitrogen and oxygen atoms in total. The molecule has 0 saturated heterocycles. The van der Waals surface area contributed by atoms with Crippen molar-refractivity contribution >= 4 is 5.78 Å². The zero-order chi connectivity index (χ0) is 19.8. The van der Waals surface area contributed by atoms with E-state index in [0.717, 1.165) is 12.0 Å². The molecule has 0 radical (unpaired) electrons. The standard InChI is InChI=1S/C22H30O5/c1-4-22(27)19(26)9-15-13-7-18(25)16-8-17(24)12(11-23)10-20(16,2)14(13)5-6-21(15,22)3/h1,8,12-15,18-19,23,25-27H,5-7,9-11H2,2-3H3/t12?,13-,14+,15+,18-,19?,20-,21+,22+/m1/s1. The molecular formula is C22H30O5. The van der Waals surface area contributed by atoms with Gasteiger partial charge in [0.15, 0.2) is 11.4 Å². The highest BCUT2D eigenvalue weighted by atomic mass is 16.3. The van der Waals surface area contributed by atoms with Crippen LogP contribution in [0, 0.1) is 46.8 Å². The van der Waals surface area contributed by atoms with Gasteiger partial charge in [-0.1, -0.05) is 19.8 Å². The molecule has 0 heterocycles. The van der Waals surface area contributed by atoms with Crippen molar-refractivity contribution in [1.29, 1.82) is 0 Å². The molecule has 4 N–H and O–H groups in total. The Kier molecular flexibility index (Phi) is 4.19. The van der Waals surface area contributed by atoms with Crippen LogP contribution in [0.5, 0.6) is 0 Å². The molecule has 0 aromatic carbocycles. The summed E-state index contributed by atoms with van der Waals surface area (Å²) in [5.41, 5.74) is -1.68. The summed E-state index contributed by atoms with van der Waals surface area (Å²) in [6, 6.07) is 0. The van der Waals surface area contributed by atoms with Gasteiger partial charge >= 0.3 is 0 Å². The second-order valence-corrected chi connectivity index (χ2v) is 9.75. The Balaban J connectivity index is 1.76. The van der Waals surface area contributed by atoms with Crippen LogP contribution in [0.25, 0.3) is 0 Å². The van der Waals surface area contributed by atoms with Gasteiger partial charge in [0.2, 0.25) is 0 Å². The highest BCUT2D eigenvalue weighted by molar-refractivity contribution is 5.94. The summed E-state index contributed by atoms with van der Waals surface area (Å²) in [5.74, 6) is 2.33. The lowest BCUT2D eigenvalue weighted by Crippen LogP contribution is -2.58. The molecule has 4 aliphatic carbocycles. The fraction of sp³-hybridized carbons (Fsp3) is 0.773. The number of carbonyl (C=O) groups is 1. The van der Waals surface area contributed by atoms with Crippen LogP contribution < -0.4 is 0 Å². The van der Waals surface area contributed by atoms with Crippen molar-refractivity contribution < 1.29 is 25.2 Å². The van der Waals surface area contributed by atoms with E-state index in [0.29, 0.717) is 25.7 Å². The van der Waals surface area contributed by atoms with Gasteiger partial charge in [-0.15, -0.1) is 6.42 Å². The van der Waals surface area contributed by atoms with Gasteiger partial charge in [0.1, 0.15) is 0 Å². The zero-order valence-corrected chi connectivity index (χ0v) is 16.1. The molecule has 3 fully saturated rings. The first-order valence-corrected chi connectivity index (χ1v) is 10.1. The molecule has 27 heavy (non-hydrogen) atoms. The van der Waals surface area contributed by atoms with Crippen molar-refractivity contribution in [3.8, 4) is 12.3 Å². The lowest BCUT2D eigenvalue weighted by Gasteiger charge is -2.59. The number of aliphatic hydroxyl groups excluding tert-OH is 3. The number of hydrogen-bond donors (Lipinski definition) is 4. The van der Waals surface area contributed by atoms with Crippen LogP contribution in [-0.4, -0.2) is 50.6 Å². The molecule has 4 rings (SSSR count). The van der Waals surface area contributed by atoms with Crippen molar-refractivity contribution in [2.24, 2.45) is 34.5 Å². The fourth-order valence-electron chi connectivity index (χ4n) is 7.24. The monoisotopic (exact) mass is 374 g/mol. The lowest BCUT2D eigenvalue weighted by atomic mass is 9.45. The van der Waals surface area contributed by atoms with Gasteiger partial charge in [0, 0.05) is 11.3 Å². The van der Waals surface area contributed by atoms with Gasteiger partial charge in [0.25, 0.3) is 0 Å². The summed E-state index contributed by atoms with van der Waals surface area (Å²) in [6.45, 7) is 3.91. The average Bonchev–Trinajstić information content (AvgIpc) is 2.84. The molecule has 4 aliphatic rings. The van der Waals surface area contributed by atoms with E-state index < -0.39 is 29.1 Å². The summed E-state index contributed by atoms with van der Waals surface area (Å²) in [7, 11) is 0. The smallest absolute Gasteiger partial charge is 0.161 e. The molecular weight excluding hydrogens is 344 g/mol. The number of aliphatic hydroxyl groups is 4. The van der Waals surface area contributed by atoms with Crippen molar-refractivity contribution in [2.45, 2.75) is 63.8 Å². The Morgan fingerprint density at radius 3 is 2.59 bits per heavy atom. The molecule has 9 atom stereocenters. The number of rotatable bonds is 1. The number of carbonyl (C=O) groups excluding carboxylic acids is 1. The summed E-state index contributed by atoms with van der Waals surface area (Å²) in [4.78, 5) is 12.3. The zero-order valence-electron chi connectivity index (χ0n) is 16.1. The van der Waals surface area contributed by atoms with Crippen LogP contribution in [0.3, 0.4) is 0 Å². The third kappa shape index (κ3) is 2.25. The second-order valence-electron chi connectivity index (χ2n) is 9.75.